The second-order valence-electron chi connectivity index (χ2n) is 7.64. The zero-order valence-corrected chi connectivity index (χ0v) is 21.9. The molecule has 2 aromatic heterocycles. The Hall–Kier alpha value is -2.86. The van der Waals surface area contributed by atoms with Gasteiger partial charge in [-0.15, -0.1) is 10.2 Å². The van der Waals surface area contributed by atoms with Crippen LogP contribution in [0.25, 0.3) is 0 Å². The van der Waals surface area contributed by atoms with Crippen molar-refractivity contribution in [1.82, 2.24) is 20.2 Å². The van der Waals surface area contributed by atoms with E-state index in [9.17, 15) is 13.2 Å². The third kappa shape index (κ3) is 6.43. The number of carbonyl (C=O) groups excluding carboxylic acids is 1. The average molecular weight is 546 g/mol. The second kappa shape index (κ2) is 10.8. The van der Waals surface area contributed by atoms with Crippen LogP contribution in [0.1, 0.15) is 32.7 Å². The summed E-state index contributed by atoms with van der Waals surface area (Å²) in [6, 6.07) is 15.3. The first-order valence-corrected chi connectivity index (χ1v) is 14.2. The van der Waals surface area contributed by atoms with Crippen molar-refractivity contribution in [3.63, 3.8) is 0 Å². The van der Waals surface area contributed by atoms with Gasteiger partial charge in [-0.3, -0.25) is 10.1 Å². The Morgan fingerprint density at radius 3 is 2.57 bits per heavy atom. The van der Waals surface area contributed by atoms with E-state index in [4.69, 9.17) is 11.6 Å². The van der Waals surface area contributed by atoms with Crippen LogP contribution >= 0.6 is 34.7 Å². The molecule has 4 aromatic rings. The molecule has 0 aliphatic rings. The van der Waals surface area contributed by atoms with Gasteiger partial charge in [0.05, 0.1) is 17.0 Å². The fourth-order valence-corrected chi connectivity index (χ4v) is 6.19. The van der Waals surface area contributed by atoms with Crippen molar-refractivity contribution in [2.45, 2.75) is 34.8 Å². The van der Waals surface area contributed by atoms with E-state index in [0.29, 0.717) is 15.7 Å². The Bertz CT molecular complexity index is 1470. The summed E-state index contributed by atoms with van der Waals surface area (Å²) < 4.78 is 26.4. The van der Waals surface area contributed by atoms with Crippen molar-refractivity contribution in [2.75, 3.05) is 5.32 Å². The molecule has 0 saturated carbocycles. The number of aryl methyl sites for hydroxylation is 2. The fourth-order valence-electron chi connectivity index (χ4n) is 3.01. The van der Waals surface area contributed by atoms with E-state index >= 15 is 0 Å². The number of sulfone groups is 1. The quantitative estimate of drug-likeness (QED) is 0.184. The summed E-state index contributed by atoms with van der Waals surface area (Å²) in [7, 11) is -3.90. The van der Waals surface area contributed by atoms with E-state index < -0.39 is 20.9 Å². The number of nitrogens with zero attached hydrogens (tertiary/aromatic N) is 4. The fraction of sp³-hybridized carbons (Fsp3) is 0.174. The Labute approximate surface area is 216 Å². The molecule has 0 bridgehead atoms. The molecule has 12 heteroatoms. The van der Waals surface area contributed by atoms with Gasteiger partial charge in [0.15, 0.2) is 10.0 Å². The lowest BCUT2D eigenvalue weighted by molar-refractivity contribution is 0.102. The molecule has 8 nitrogen and oxygen atoms in total. The first-order chi connectivity index (χ1) is 16.7. The maximum absolute atomic E-state index is 12.9. The molecule has 0 unspecified atom stereocenters. The van der Waals surface area contributed by atoms with E-state index in [2.05, 4.69) is 25.5 Å². The monoisotopic (exact) mass is 545 g/mol. The third-order valence-corrected chi connectivity index (χ3v) is 8.70. The molecule has 35 heavy (non-hydrogen) atoms. The van der Waals surface area contributed by atoms with Crippen molar-refractivity contribution in [3.05, 3.63) is 87.7 Å². The predicted octanol–water partition coefficient (Wildman–Crippen LogP) is 5.12. The lowest BCUT2D eigenvalue weighted by atomic mass is 10.1. The second-order valence-corrected chi connectivity index (χ2v) is 12.1. The average Bonchev–Trinajstić information content (AvgIpc) is 3.27. The number of aromatic nitrogens is 4. The van der Waals surface area contributed by atoms with E-state index in [-0.39, 0.29) is 21.6 Å². The number of halogens is 1. The van der Waals surface area contributed by atoms with Gasteiger partial charge in [-0.25, -0.2) is 18.4 Å². The van der Waals surface area contributed by atoms with Crippen LogP contribution in [-0.2, 0) is 21.3 Å². The Morgan fingerprint density at radius 2 is 1.83 bits per heavy atom. The highest BCUT2D eigenvalue weighted by atomic mass is 35.5. The number of hydrogen-bond acceptors (Lipinski definition) is 9. The normalized spacial score (nSPS) is 11.4. The molecule has 0 atom stereocenters. The molecule has 0 aliphatic carbocycles. The molecule has 180 valence electrons. The molecule has 1 N–H and O–H groups in total. The lowest BCUT2D eigenvalue weighted by Crippen LogP contribution is -2.18. The molecule has 0 aliphatic heterocycles. The van der Waals surface area contributed by atoms with Gasteiger partial charge >= 0.3 is 0 Å². The molecular formula is C23H20ClN5O3S3. The maximum atomic E-state index is 12.9. The summed E-state index contributed by atoms with van der Waals surface area (Å²) in [5.74, 6) is -0.278. The molecule has 2 aromatic carbocycles. The van der Waals surface area contributed by atoms with Crippen molar-refractivity contribution < 1.29 is 13.2 Å². The van der Waals surface area contributed by atoms with E-state index in [1.165, 1.54) is 28.7 Å². The summed E-state index contributed by atoms with van der Waals surface area (Å²) in [4.78, 5) is 20.6. The van der Waals surface area contributed by atoms with Crippen molar-refractivity contribution in [1.29, 1.82) is 0 Å². The molecular weight excluding hydrogens is 526 g/mol. The van der Waals surface area contributed by atoms with Crippen LogP contribution in [0.5, 0.6) is 0 Å². The first-order valence-electron chi connectivity index (χ1n) is 10.3. The minimum Gasteiger partial charge on any atom is -0.295 e. The summed E-state index contributed by atoms with van der Waals surface area (Å²) in [6.45, 7) is 3.85. The van der Waals surface area contributed by atoms with E-state index in [0.717, 1.165) is 17.3 Å². The van der Waals surface area contributed by atoms with Crippen molar-refractivity contribution >= 4 is 55.6 Å². The van der Waals surface area contributed by atoms with Gasteiger partial charge < -0.3 is 0 Å². The largest absolute Gasteiger partial charge is 0.295 e. The zero-order chi connectivity index (χ0) is 25.0. The third-order valence-electron chi connectivity index (χ3n) is 4.93. The summed E-state index contributed by atoms with van der Waals surface area (Å²) in [6.07, 6.45) is 1.11. The molecule has 0 fully saturated rings. The van der Waals surface area contributed by atoms with Crippen LogP contribution < -0.4 is 5.32 Å². The van der Waals surface area contributed by atoms with Gasteiger partial charge in [0, 0.05) is 5.75 Å². The van der Waals surface area contributed by atoms with E-state index in [1.54, 1.807) is 12.1 Å². The van der Waals surface area contributed by atoms with Gasteiger partial charge in [-0.2, -0.15) is 0 Å². The van der Waals surface area contributed by atoms with Gasteiger partial charge in [0.25, 0.3) is 5.91 Å². The zero-order valence-electron chi connectivity index (χ0n) is 18.7. The van der Waals surface area contributed by atoms with Crippen LogP contribution in [-0.4, -0.2) is 34.5 Å². The van der Waals surface area contributed by atoms with E-state index in [1.807, 2.05) is 50.2 Å². The molecule has 2 heterocycles. The predicted molar refractivity (Wildman–Crippen MR) is 138 cm³/mol. The molecule has 4 rings (SSSR count). The van der Waals surface area contributed by atoms with Crippen LogP contribution in [0, 0.1) is 13.8 Å². The number of carbonyl (C=O) groups is 1. The number of thioether (sulfide) groups is 1. The number of hydrogen-bond donors (Lipinski definition) is 1. The van der Waals surface area contributed by atoms with Gasteiger partial charge in [0.1, 0.15) is 0 Å². The standard InChI is InChI=1S/C23H20ClN5O3S3/c1-14-7-9-16(10-8-14)12-33-23-29-28-21(34-23)27-20(30)19-18(24)11-25-22(26-19)35(31,32)13-17-6-4-3-5-15(17)2/h3-11H,12-13H2,1-2H3,(H,27,28,30). The highest BCUT2D eigenvalue weighted by Crippen LogP contribution is 2.29. The van der Waals surface area contributed by atoms with Crippen LogP contribution in [0.3, 0.4) is 0 Å². The van der Waals surface area contributed by atoms with Crippen LogP contribution in [0.2, 0.25) is 5.02 Å². The Morgan fingerprint density at radius 1 is 1.09 bits per heavy atom. The SMILES string of the molecule is Cc1ccc(CSc2nnc(NC(=O)c3nc(S(=O)(=O)Cc4ccccc4C)ncc3Cl)s2)cc1. The van der Waals surface area contributed by atoms with Crippen molar-refractivity contribution in [3.8, 4) is 0 Å². The Kier molecular flexibility index (Phi) is 7.80. The number of amides is 1. The molecule has 1 amide bonds. The van der Waals surface area contributed by atoms with Gasteiger partial charge in [-0.05, 0) is 30.5 Å². The summed E-state index contributed by atoms with van der Waals surface area (Å²) in [5.41, 5.74) is 3.54. The van der Waals surface area contributed by atoms with Crippen molar-refractivity contribution in [2.24, 2.45) is 0 Å². The molecule has 0 radical (unpaired) electrons. The number of rotatable bonds is 8. The highest BCUT2D eigenvalue weighted by molar-refractivity contribution is 8.00. The molecule has 0 saturated heterocycles. The number of anilines is 1. The number of nitrogens with one attached hydrogen (secondary N) is 1. The minimum absolute atomic E-state index is 0.0733. The molecule has 0 spiro atoms. The topological polar surface area (TPSA) is 115 Å². The summed E-state index contributed by atoms with van der Waals surface area (Å²) in [5, 5.41) is 10.4. The Balaban J connectivity index is 1.46. The van der Waals surface area contributed by atoms with Crippen LogP contribution in [0.15, 0.2) is 64.2 Å². The number of benzene rings is 2. The lowest BCUT2D eigenvalue weighted by Gasteiger charge is -2.08. The smallest absolute Gasteiger partial charge is 0.277 e. The minimum atomic E-state index is -3.90. The van der Waals surface area contributed by atoms with Gasteiger partial charge in [0.2, 0.25) is 20.1 Å². The highest BCUT2D eigenvalue weighted by Gasteiger charge is 2.24. The first kappa shape index (κ1) is 25.2. The van der Waals surface area contributed by atoms with Crippen LogP contribution in [0.4, 0.5) is 5.13 Å². The maximum Gasteiger partial charge on any atom is 0.277 e. The summed E-state index contributed by atoms with van der Waals surface area (Å²) >= 11 is 8.81. The van der Waals surface area contributed by atoms with Gasteiger partial charge in [-0.1, -0.05) is 88.8 Å².